The lowest BCUT2D eigenvalue weighted by molar-refractivity contribution is 0.303. The van der Waals surface area contributed by atoms with Crippen LogP contribution in [0.5, 0.6) is 5.75 Å². The van der Waals surface area contributed by atoms with Crippen molar-refractivity contribution in [2.24, 2.45) is 0 Å². The lowest BCUT2D eigenvalue weighted by Gasteiger charge is -2.09. The van der Waals surface area contributed by atoms with E-state index in [2.05, 4.69) is 17.4 Å². The van der Waals surface area contributed by atoms with Gasteiger partial charge in [0, 0.05) is 18.7 Å². The van der Waals surface area contributed by atoms with E-state index in [9.17, 15) is 8.78 Å². The standard InChI is InChI=1S/C17H17F2NO/c18-16-7-6-15(9-17(16)19)21-11-13-3-1-2-12(8-13)10-20-14-4-5-14/h1-3,6-9,14,20H,4-5,10-11H2. The first-order valence-electron chi connectivity index (χ1n) is 7.10. The van der Waals surface area contributed by atoms with E-state index < -0.39 is 11.6 Å². The molecule has 1 aliphatic carbocycles. The van der Waals surface area contributed by atoms with E-state index in [1.807, 2.05) is 12.1 Å². The van der Waals surface area contributed by atoms with E-state index in [4.69, 9.17) is 4.74 Å². The van der Waals surface area contributed by atoms with Crippen LogP contribution < -0.4 is 10.1 Å². The van der Waals surface area contributed by atoms with E-state index in [1.165, 1.54) is 24.5 Å². The van der Waals surface area contributed by atoms with Crippen molar-refractivity contribution in [3.8, 4) is 5.75 Å². The van der Waals surface area contributed by atoms with Gasteiger partial charge in [-0.2, -0.15) is 0 Å². The number of hydrogen-bond donors (Lipinski definition) is 1. The van der Waals surface area contributed by atoms with Crippen LogP contribution in [0.4, 0.5) is 8.78 Å². The van der Waals surface area contributed by atoms with Gasteiger partial charge in [0.15, 0.2) is 11.6 Å². The molecule has 0 radical (unpaired) electrons. The monoisotopic (exact) mass is 289 g/mol. The van der Waals surface area contributed by atoms with Gasteiger partial charge in [-0.05, 0) is 36.1 Å². The summed E-state index contributed by atoms with van der Waals surface area (Å²) >= 11 is 0. The molecular formula is C17H17F2NO. The fourth-order valence-electron chi connectivity index (χ4n) is 2.11. The van der Waals surface area contributed by atoms with Gasteiger partial charge in [-0.1, -0.05) is 24.3 Å². The van der Waals surface area contributed by atoms with Gasteiger partial charge in [-0.3, -0.25) is 0 Å². The smallest absolute Gasteiger partial charge is 0.162 e. The third-order valence-electron chi connectivity index (χ3n) is 3.46. The Labute approximate surface area is 122 Å². The summed E-state index contributed by atoms with van der Waals surface area (Å²) in [5.74, 6) is -1.43. The highest BCUT2D eigenvalue weighted by Gasteiger charge is 2.19. The van der Waals surface area contributed by atoms with Gasteiger partial charge in [-0.15, -0.1) is 0 Å². The molecule has 2 aromatic carbocycles. The molecule has 1 aliphatic rings. The molecule has 1 saturated carbocycles. The average molecular weight is 289 g/mol. The van der Waals surface area contributed by atoms with Gasteiger partial charge in [-0.25, -0.2) is 8.78 Å². The Bertz CT molecular complexity index is 626. The van der Waals surface area contributed by atoms with Crippen LogP contribution in [0.25, 0.3) is 0 Å². The van der Waals surface area contributed by atoms with Gasteiger partial charge < -0.3 is 10.1 Å². The highest BCUT2D eigenvalue weighted by Crippen LogP contribution is 2.20. The molecular weight excluding hydrogens is 272 g/mol. The summed E-state index contributed by atoms with van der Waals surface area (Å²) < 4.78 is 31.4. The number of hydrogen-bond acceptors (Lipinski definition) is 2. The average Bonchev–Trinajstić information content (AvgIpc) is 3.31. The maximum atomic E-state index is 13.1. The molecule has 1 fully saturated rings. The van der Waals surface area contributed by atoms with Crippen LogP contribution in [0.1, 0.15) is 24.0 Å². The number of nitrogens with one attached hydrogen (secondary N) is 1. The highest BCUT2D eigenvalue weighted by molar-refractivity contribution is 5.26. The molecule has 4 heteroatoms. The summed E-state index contributed by atoms with van der Waals surface area (Å²) in [6.45, 7) is 1.19. The van der Waals surface area contributed by atoms with Crippen molar-refractivity contribution in [1.82, 2.24) is 5.32 Å². The minimum atomic E-state index is -0.894. The van der Waals surface area contributed by atoms with Crippen LogP contribution in [0, 0.1) is 11.6 Å². The molecule has 0 aliphatic heterocycles. The van der Waals surface area contributed by atoms with Crippen molar-refractivity contribution in [3.05, 3.63) is 65.2 Å². The quantitative estimate of drug-likeness (QED) is 0.873. The number of halogens is 2. The van der Waals surface area contributed by atoms with E-state index in [0.29, 0.717) is 18.4 Å². The summed E-state index contributed by atoms with van der Waals surface area (Å²) in [6, 6.07) is 12.3. The number of ether oxygens (including phenoxy) is 1. The molecule has 0 amide bonds. The molecule has 2 nitrogen and oxygen atoms in total. The van der Waals surface area contributed by atoms with Crippen LogP contribution in [-0.4, -0.2) is 6.04 Å². The predicted octanol–water partition coefficient (Wildman–Crippen LogP) is 3.80. The van der Waals surface area contributed by atoms with Crippen molar-refractivity contribution in [2.75, 3.05) is 0 Å². The zero-order chi connectivity index (χ0) is 14.7. The van der Waals surface area contributed by atoms with Crippen molar-refractivity contribution >= 4 is 0 Å². The summed E-state index contributed by atoms with van der Waals surface area (Å²) in [5, 5.41) is 3.46. The summed E-state index contributed by atoms with van der Waals surface area (Å²) in [4.78, 5) is 0. The summed E-state index contributed by atoms with van der Waals surface area (Å²) in [7, 11) is 0. The molecule has 0 aromatic heterocycles. The van der Waals surface area contributed by atoms with Crippen LogP contribution in [0.3, 0.4) is 0 Å². The lowest BCUT2D eigenvalue weighted by atomic mass is 10.1. The second-order valence-electron chi connectivity index (χ2n) is 5.34. The normalized spacial score (nSPS) is 14.2. The Morgan fingerprint density at radius 3 is 2.57 bits per heavy atom. The second kappa shape index (κ2) is 6.22. The maximum Gasteiger partial charge on any atom is 0.162 e. The van der Waals surface area contributed by atoms with Gasteiger partial charge in [0.05, 0.1) is 0 Å². The molecule has 0 heterocycles. The van der Waals surface area contributed by atoms with Gasteiger partial charge in [0.25, 0.3) is 0 Å². The molecule has 0 spiro atoms. The molecule has 21 heavy (non-hydrogen) atoms. The van der Waals surface area contributed by atoms with E-state index in [0.717, 1.165) is 24.2 Å². The van der Waals surface area contributed by atoms with Crippen LogP contribution >= 0.6 is 0 Å². The third-order valence-corrected chi connectivity index (χ3v) is 3.46. The minimum Gasteiger partial charge on any atom is -0.489 e. The molecule has 0 unspecified atom stereocenters. The van der Waals surface area contributed by atoms with Crippen molar-refractivity contribution in [2.45, 2.75) is 32.0 Å². The van der Waals surface area contributed by atoms with Gasteiger partial charge in [0.2, 0.25) is 0 Å². The predicted molar refractivity (Wildman–Crippen MR) is 77.0 cm³/mol. The number of benzene rings is 2. The van der Waals surface area contributed by atoms with E-state index in [-0.39, 0.29) is 0 Å². The Balaban J connectivity index is 1.58. The van der Waals surface area contributed by atoms with Crippen LogP contribution in [0.2, 0.25) is 0 Å². The molecule has 3 rings (SSSR count). The van der Waals surface area contributed by atoms with E-state index in [1.54, 1.807) is 0 Å². The Kier molecular flexibility index (Phi) is 4.15. The Morgan fingerprint density at radius 2 is 1.81 bits per heavy atom. The van der Waals surface area contributed by atoms with Gasteiger partial charge in [0.1, 0.15) is 12.4 Å². The fraction of sp³-hybridized carbons (Fsp3) is 0.294. The molecule has 2 aromatic rings. The molecule has 0 atom stereocenters. The third kappa shape index (κ3) is 4.02. The highest BCUT2D eigenvalue weighted by atomic mass is 19.2. The largest absolute Gasteiger partial charge is 0.489 e. The van der Waals surface area contributed by atoms with Gasteiger partial charge >= 0.3 is 0 Å². The first-order chi connectivity index (χ1) is 10.2. The van der Waals surface area contributed by atoms with Crippen molar-refractivity contribution in [3.63, 3.8) is 0 Å². The molecule has 110 valence electrons. The summed E-state index contributed by atoms with van der Waals surface area (Å²) in [5.41, 5.74) is 2.21. The topological polar surface area (TPSA) is 21.3 Å². The maximum absolute atomic E-state index is 13.1. The first-order valence-corrected chi connectivity index (χ1v) is 7.10. The fourth-order valence-corrected chi connectivity index (χ4v) is 2.11. The molecule has 0 bridgehead atoms. The lowest BCUT2D eigenvalue weighted by Crippen LogP contribution is -2.15. The SMILES string of the molecule is Fc1ccc(OCc2cccc(CNC3CC3)c2)cc1F. The molecule has 0 saturated heterocycles. The van der Waals surface area contributed by atoms with Crippen LogP contribution in [0.15, 0.2) is 42.5 Å². The number of rotatable bonds is 6. The zero-order valence-electron chi connectivity index (χ0n) is 11.6. The van der Waals surface area contributed by atoms with Crippen molar-refractivity contribution < 1.29 is 13.5 Å². The van der Waals surface area contributed by atoms with Crippen molar-refractivity contribution in [1.29, 1.82) is 0 Å². The zero-order valence-corrected chi connectivity index (χ0v) is 11.6. The summed E-state index contributed by atoms with van der Waals surface area (Å²) in [6.07, 6.45) is 2.53. The first kappa shape index (κ1) is 14.0. The minimum absolute atomic E-state index is 0.329. The van der Waals surface area contributed by atoms with Crippen LogP contribution in [-0.2, 0) is 13.2 Å². The van der Waals surface area contributed by atoms with E-state index >= 15 is 0 Å². The Hall–Kier alpha value is -1.94. The second-order valence-corrected chi connectivity index (χ2v) is 5.34. The Morgan fingerprint density at radius 1 is 1.00 bits per heavy atom. The molecule has 1 N–H and O–H groups in total.